The molecule has 0 aromatic heterocycles. The first-order valence-electron chi connectivity index (χ1n) is 1.78. The van der Waals surface area contributed by atoms with E-state index < -0.39 is 0 Å². The van der Waals surface area contributed by atoms with Gasteiger partial charge in [-0.15, -0.1) is 24.0 Å². The highest BCUT2D eigenvalue weighted by Gasteiger charge is 1.95. The van der Waals surface area contributed by atoms with Gasteiger partial charge in [-0.2, -0.15) is 0 Å². The highest BCUT2D eigenvalue weighted by molar-refractivity contribution is 14.0. The third-order valence-electron chi connectivity index (χ3n) is 0.610. The van der Waals surface area contributed by atoms with Gasteiger partial charge in [-0.05, 0) is 6.08 Å². The van der Waals surface area contributed by atoms with E-state index in [2.05, 4.69) is 4.74 Å². The van der Waals surface area contributed by atoms with Crippen molar-refractivity contribution in [3.8, 4) is 0 Å². The van der Waals surface area contributed by atoms with Gasteiger partial charge in [-0.3, -0.25) is 5.41 Å². The molecule has 0 atom stereocenters. The van der Waals surface area contributed by atoms with Gasteiger partial charge in [-0.25, -0.2) is 0 Å². The first-order chi connectivity index (χ1) is 2.89. The Morgan fingerprint density at radius 1 is 1.71 bits per heavy atom. The molecular formula is C4H6INO. The zero-order valence-electron chi connectivity index (χ0n) is 3.68. The Morgan fingerprint density at radius 2 is 2.43 bits per heavy atom. The average molecular weight is 211 g/mol. The molecule has 0 aromatic rings. The van der Waals surface area contributed by atoms with Crippen LogP contribution in [0.5, 0.6) is 0 Å². The number of rotatable bonds is 0. The van der Waals surface area contributed by atoms with Crippen LogP contribution in [0.4, 0.5) is 0 Å². The maximum Gasteiger partial charge on any atom is 0.190 e. The Morgan fingerprint density at radius 3 is 2.57 bits per heavy atom. The zero-order chi connectivity index (χ0) is 4.41. The fraction of sp³-hybridized carbons (Fsp3) is 0.250. The van der Waals surface area contributed by atoms with Gasteiger partial charge in [0.05, 0.1) is 6.26 Å². The first kappa shape index (κ1) is 6.94. The number of halogens is 1. The lowest BCUT2D eigenvalue weighted by atomic mass is 10.5. The van der Waals surface area contributed by atoms with Crippen LogP contribution >= 0.6 is 24.0 Å². The predicted molar refractivity (Wildman–Crippen MR) is 38.0 cm³/mol. The number of hydrogen-bond acceptors (Lipinski definition) is 2. The molecule has 0 bridgehead atoms. The van der Waals surface area contributed by atoms with E-state index in [0.29, 0.717) is 12.3 Å². The van der Waals surface area contributed by atoms with Crippen LogP contribution in [0.15, 0.2) is 12.3 Å². The second-order valence-corrected chi connectivity index (χ2v) is 1.12. The minimum absolute atomic E-state index is 0. The summed E-state index contributed by atoms with van der Waals surface area (Å²) in [4.78, 5) is 0. The van der Waals surface area contributed by atoms with E-state index in [-0.39, 0.29) is 24.0 Å². The summed E-state index contributed by atoms with van der Waals surface area (Å²) in [7, 11) is 0. The predicted octanol–water partition coefficient (Wildman–Crippen LogP) is 1.52. The molecule has 1 aliphatic heterocycles. The molecule has 0 unspecified atom stereocenters. The number of hydrogen-bond donors (Lipinski definition) is 1. The molecule has 0 saturated heterocycles. The SMILES string of the molecule is I.N=C1CC=CO1. The fourth-order valence-corrected chi connectivity index (χ4v) is 0.334. The van der Waals surface area contributed by atoms with E-state index in [4.69, 9.17) is 5.41 Å². The van der Waals surface area contributed by atoms with Crippen molar-refractivity contribution in [1.29, 1.82) is 5.41 Å². The molecule has 0 aromatic carbocycles. The smallest absolute Gasteiger partial charge is 0.190 e. The second kappa shape index (κ2) is 3.01. The molecular weight excluding hydrogens is 205 g/mol. The number of nitrogens with one attached hydrogen (secondary N) is 1. The Kier molecular flexibility index (Phi) is 2.98. The first-order valence-corrected chi connectivity index (χ1v) is 1.78. The average Bonchev–Trinajstić information content (AvgIpc) is 1.86. The Balaban J connectivity index is 0.000000360. The highest BCUT2D eigenvalue weighted by atomic mass is 127. The fourth-order valence-electron chi connectivity index (χ4n) is 0.334. The highest BCUT2D eigenvalue weighted by Crippen LogP contribution is 1.97. The summed E-state index contributed by atoms with van der Waals surface area (Å²) in [6.07, 6.45) is 4.00. The minimum atomic E-state index is 0. The molecule has 1 heterocycles. The minimum Gasteiger partial charge on any atom is -0.451 e. The van der Waals surface area contributed by atoms with Gasteiger partial charge in [0.25, 0.3) is 0 Å². The van der Waals surface area contributed by atoms with E-state index in [1.54, 1.807) is 0 Å². The Labute approximate surface area is 59.1 Å². The summed E-state index contributed by atoms with van der Waals surface area (Å²) in [6, 6.07) is 0. The summed E-state index contributed by atoms with van der Waals surface area (Å²) in [6.45, 7) is 0. The largest absolute Gasteiger partial charge is 0.451 e. The molecule has 0 amide bonds. The van der Waals surface area contributed by atoms with Crippen LogP contribution in [0, 0.1) is 5.41 Å². The van der Waals surface area contributed by atoms with E-state index in [1.165, 1.54) is 6.26 Å². The van der Waals surface area contributed by atoms with Crippen molar-refractivity contribution in [3.63, 3.8) is 0 Å². The van der Waals surface area contributed by atoms with Crippen LogP contribution in [0.2, 0.25) is 0 Å². The van der Waals surface area contributed by atoms with Crippen molar-refractivity contribution < 1.29 is 4.74 Å². The third-order valence-corrected chi connectivity index (χ3v) is 0.610. The van der Waals surface area contributed by atoms with E-state index in [1.807, 2.05) is 6.08 Å². The lowest BCUT2D eigenvalue weighted by molar-refractivity contribution is 0.478. The summed E-state index contributed by atoms with van der Waals surface area (Å²) in [5.41, 5.74) is 0. The van der Waals surface area contributed by atoms with Gasteiger partial charge in [0, 0.05) is 6.42 Å². The molecule has 0 spiro atoms. The zero-order valence-corrected chi connectivity index (χ0v) is 6.01. The molecule has 7 heavy (non-hydrogen) atoms. The molecule has 2 nitrogen and oxygen atoms in total. The van der Waals surface area contributed by atoms with Crippen molar-refractivity contribution in [1.82, 2.24) is 0 Å². The van der Waals surface area contributed by atoms with E-state index in [9.17, 15) is 0 Å². The molecule has 0 saturated carbocycles. The van der Waals surface area contributed by atoms with Crippen LogP contribution in [-0.4, -0.2) is 5.90 Å². The third kappa shape index (κ3) is 1.91. The lowest BCUT2D eigenvalue weighted by Gasteiger charge is -1.83. The molecule has 0 radical (unpaired) electrons. The van der Waals surface area contributed by atoms with Crippen LogP contribution in [0.1, 0.15) is 6.42 Å². The van der Waals surface area contributed by atoms with Crippen molar-refractivity contribution >= 4 is 29.9 Å². The molecule has 1 aliphatic rings. The number of ether oxygens (including phenoxy) is 1. The van der Waals surface area contributed by atoms with Gasteiger partial charge >= 0.3 is 0 Å². The summed E-state index contributed by atoms with van der Waals surface area (Å²) in [5.74, 6) is 0.343. The van der Waals surface area contributed by atoms with Crippen molar-refractivity contribution in [2.24, 2.45) is 0 Å². The van der Waals surface area contributed by atoms with Gasteiger partial charge < -0.3 is 4.74 Å². The van der Waals surface area contributed by atoms with Crippen LogP contribution < -0.4 is 0 Å². The molecule has 0 fully saturated rings. The van der Waals surface area contributed by atoms with Gasteiger partial charge in [-0.1, -0.05) is 0 Å². The van der Waals surface area contributed by atoms with Crippen molar-refractivity contribution in [2.45, 2.75) is 6.42 Å². The Hall–Kier alpha value is -0.0600. The summed E-state index contributed by atoms with van der Waals surface area (Å²) in [5, 5.41) is 6.76. The molecule has 3 heteroatoms. The summed E-state index contributed by atoms with van der Waals surface area (Å²) >= 11 is 0. The topological polar surface area (TPSA) is 33.1 Å². The van der Waals surface area contributed by atoms with Gasteiger partial charge in [0.1, 0.15) is 0 Å². The Bertz CT molecular complexity index is 89.9. The molecule has 0 aliphatic carbocycles. The van der Waals surface area contributed by atoms with Crippen LogP contribution in [-0.2, 0) is 4.74 Å². The normalized spacial score (nSPS) is 15.7. The quantitative estimate of drug-likeness (QED) is 0.605. The standard InChI is InChI=1S/C4H5NO.HI/c5-4-2-1-3-6-4;/h1,3,5H,2H2;1H. The monoisotopic (exact) mass is 211 g/mol. The van der Waals surface area contributed by atoms with Crippen molar-refractivity contribution in [2.75, 3.05) is 0 Å². The molecule has 40 valence electrons. The van der Waals surface area contributed by atoms with E-state index in [0.717, 1.165) is 0 Å². The van der Waals surface area contributed by atoms with Crippen LogP contribution in [0.25, 0.3) is 0 Å². The van der Waals surface area contributed by atoms with E-state index >= 15 is 0 Å². The van der Waals surface area contributed by atoms with Crippen molar-refractivity contribution in [3.05, 3.63) is 12.3 Å². The van der Waals surface area contributed by atoms with Gasteiger partial charge in [0.2, 0.25) is 0 Å². The maximum absolute atomic E-state index is 6.76. The summed E-state index contributed by atoms with van der Waals surface area (Å²) < 4.78 is 4.56. The van der Waals surface area contributed by atoms with Gasteiger partial charge in [0.15, 0.2) is 5.90 Å². The van der Waals surface area contributed by atoms with Crippen LogP contribution in [0.3, 0.4) is 0 Å². The second-order valence-electron chi connectivity index (χ2n) is 1.12. The molecule has 1 N–H and O–H groups in total. The lowest BCUT2D eigenvalue weighted by Crippen LogP contribution is -1.85. The molecule has 1 rings (SSSR count). The maximum atomic E-state index is 6.76.